The molecule has 4 heteroatoms. The molecule has 4 nitrogen and oxygen atoms in total. The van der Waals surface area contributed by atoms with Gasteiger partial charge in [-0.3, -0.25) is 10.2 Å². The van der Waals surface area contributed by atoms with E-state index in [4.69, 9.17) is 4.74 Å². The van der Waals surface area contributed by atoms with E-state index in [1.807, 2.05) is 13.8 Å². The number of hydrogen-bond acceptors (Lipinski definition) is 4. The van der Waals surface area contributed by atoms with Crippen LogP contribution >= 0.6 is 0 Å². The third-order valence-corrected chi connectivity index (χ3v) is 3.63. The predicted octanol–water partition coefficient (Wildman–Crippen LogP) is 1.23. The Labute approximate surface area is 105 Å². The number of likely N-dealkylation sites (N-methyl/N-ethyl adjacent to an activating group) is 1. The molecule has 0 bridgehead atoms. The van der Waals surface area contributed by atoms with E-state index in [1.54, 1.807) is 7.11 Å². The molecule has 0 amide bonds. The van der Waals surface area contributed by atoms with Crippen LogP contribution in [0.4, 0.5) is 0 Å². The number of likely N-dealkylation sites (tertiary alicyclic amines) is 1. The number of piperidine rings is 1. The minimum Gasteiger partial charge on any atom is -0.380 e. The zero-order chi connectivity index (χ0) is 12.9. The van der Waals surface area contributed by atoms with Gasteiger partial charge in [0.05, 0.1) is 12.2 Å². The average molecular weight is 239 g/mol. The van der Waals surface area contributed by atoms with Gasteiger partial charge in [0.25, 0.3) is 0 Å². The van der Waals surface area contributed by atoms with Crippen LogP contribution in [-0.4, -0.2) is 49.8 Å². The maximum absolute atomic E-state index is 9.25. The number of rotatable bonds is 5. The summed E-state index contributed by atoms with van der Waals surface area (Å²) in [5.41, 5.74) is -0.451. The Bertz CT molecular complexity index is 276. The molecule has 1 N–H and O–H groups in total. The summed E-state index contributed by atoms with van der Waals surface area (Å²) < 4.78 is 5.50. The van der Waals surface area contributed by atoms with Crippen LogP contribution in [0.25, 0.3) is 0 Å². The molecule has 0 saturated carbocycles. The standard InChI is InChI=1S/C13H25N3O/c1-5-15-13(3,9-14)10-16-7-6-11(2)12(8-16)17-4/h11-12,15H,5-8,10H2,1-4H3. The molecular formula is C13H25N3O. The van der Waals surface area contributed by atoms with Crippen LogP contribution in [0.2, 0.25) is 0 Å². The van der Waals surface area contributed by atoms with Crippen molar-refractivity contribution in [3.63, 3.8) is 0 Å². The van der Waals surface area contributed by atoms with Gasteiger partial charge in [-0.25, -0.2) is 0 Å². The molecule has 98 valence electrons. The fourth-order valence-electron chi connectivity index (χ4n) is 2.52. The number of nitriles is 1. The molecule has 0 radical (unpaired) electrons. The third kappa shape index (κ3) is 3.95. The molecule has 1 saturated heterocycles. The predicted molar refractivity (Wildman–Crippen MR) is 68.7 cm³/mol. The van der Waals surface area contributed by atoms with Crippen molar-refractivity contribution in [3.05, 3.63) is 0 Å². The molecule has 1 aliphatic rings. The zero-order valence-corrected chi connectivity index (χ0v) is 11.5. The van der Waals surface area contributed by atoms with Crippen molar-refractivity contribution < 1.29 is 4.74 Å². The van der Waals surface area contributed by atoms with Gasteiger partial charge in [-0.05, 0) is 32.4 Å². The van der Waals surface area contributed by atoms with Crippen molar-refractivity contribution in [3.8, 4) is 6.07 Å². The van der Waals surface area contributed by atoms with Crippen molar-refractivity contribution in [1.82, 2.24) is 10.2 Å². The highest BCUT2D eigenvalue weighted by Gasteiger charge is 2.31. The van der Waals surface area contributed by atoms with Gasteiger partial charge in [-0.2, -0.15) is 5.26 Å². The second-order valence-electron chi connectivity index (χ2n) is 5.25. The van der Waals surface area contributed by atoms with Crippen molar-refractivity contribution in [2.75, 3.05) is 33.3 Å². The molecule has 0 aromatic heterocycles. The van der Waals surface area contributed by atoms with Crippen LogP contribution < -0.4 is 5.32 Å². The molecule has 1 fully saturated rings. The molecule has 1 rings (SSSR count). The summed E-state index contributed by atoms with van der Waals surface area (Å²) in [5.74, 6) is 0.615. The highest BCUT2D eigenvalue weighted by atomic mass is 16.5. The summed E-state index contributed by atoms with van der Waals surface area (Å²) >= 11 is 0. The van der Waals surface area contributed by atoms with E-state index in [0.717, 1.165) is 32.6 Å². The van der Waals surface area contributed by atoms with Crippen molar-refractivity contribution in [1.29, 1.82) is 5.26 Å². The fraction of sp³-hybridized carbons (Fsp3) is 0.923. The van der Waals surface area contributed by atoms with Gasteiger partial charge in [0, 0.05) is 20.2 Å². The average Bonchev–Trinajstić information content (AvgIpc) is 2.32. The Morgan fingerprint density at radius 3 is 2.82 bits per heavy atom. The van der Waals surface area contributed by atoms with Gasteiger partial charge < -0.3 is 4.74 Å². The number of hydrogen-bond donors (Lipinski definition) is 1. The van der Waals surface area contributed by atoms with Gasteiger partial charge >= 0.3 is 0 Å². The molecular weight excluding hydrogens is 214 g/mol. The lowest BCUT2D eigenvalue weighted by atomic mass is 9.94. The second kappa shape index (κ2) is 6.34. The van der Waals surface area contributed by atoms with Crippen LogP contribution in [0.1, 0.15) is 27.2 Å². The van der Waals surface area contributed by atoms with Crippen LogP contribution in [0.3, 0.4) is 0 Å². The van der Waals surface area contributed by atoms with Gasteiger partial charge in [-0.1, -0.05) is 13.8 Å². The van der Waals surface area contributed by atoms with E-state index in [-0.39, 0.29) is 0 Å². The topological polar surface area (TPSA) is 48.3 Å². The number of methoxy groups -OCH3 is 1. The van der Waals surface area contributed by atoms with E-state index in [1.165, 1.54) is 0 Å². The summed E-state index contributed by atoms with van der Waals surface area (Å²) in [7, 11) is 1.78. The van der Waals surface area contributed by atoms with E-state index in [0.29, 0.717) is 12.0 Å². The van der Waals surface area contributed by atoms with Crippen molar-refractivity contribution >= 4 is 0 Å². The Hall–Kier alpha value is -0.630. The first-order chi connectivity index (χ1) is 8.04. The van der Waals surface area contributed by atoms with Crippen LogP contribution in [0, 0.1) is 17.2 Å². The Morgan fingerprint density at radius 1 is 1.59 bits per heavy atom. The first kappa shape index (κ1) is 14.4. The number of nitrogens with one attached hydrogen (secondary N) is 1. The lowest BCUT2D eigenvalue weighted by Gasteiger charge is -2.39. The molecule has 3 atom stereocenters. The number of nitrogens with zero attached hydrogens (tertiary/aromatic N) is 2. The van der Waals surface area contributed by atoms with Crippen molar-refractivity contribution in [2.24, 2.45) is 5.92 Å². The maximum Gasteiger partial charge on any atom is 0.116 e. The maximum atomic E-state index is 9.25. The molecule has 3 unspecified atom stereocenters. The first-order valence-corrected chi connectivity index (χ1v) is 6.46. The highest BCUT2D eigenvalue weighted by Crippen LogP contribution is 2.20. The van der Waals surface area contributed by atoms with Gasteiger partial charge in [0.2, 0.25) is 0 Å². The lowest BCUT2D eigenvalue weighted by Crippen LogP contribution is -2.54. The lowest BCUT2D eigenvalue weighted by molar-refractivity contribution is -0.00944. The van der Waals surface area contributed by atoms with E-state index < -0.39 is 5.54 Å². The largest absolute Gasteiger partial charge is 0.380 e. The van der Waals surface area contributed by atoms with Gasteiger partial charge in [-0.15, -0.1) is 0 Å². The van der Waals surface area contributed by atoms with E-state index in [9.17, 15) is 5.26 Å². The SMILES string of the molecule is CCNC(C)(C#N)CN1CCC(C)C(OC)C1. The van der Waals surface area contributed by atoms with E-state index in [2.05, 4.69) is 23.2 Å². The van der Waals surface area contributed by atoms with Crippen LogP contribution in [-0.2, 0) is 4.74 Å². The fourth-order valence-corrected chi connectivity index (χ4v) is 2.52. The van der Waals surface area contributed by atoms with Gasteiger partial charge in [0.15, 0.2) is 0 Å². The highest BCUT2D eigenvalue weighted by molar-refractivity contribution is 5.06. The first-order valence-electron chi connectivity index (χ1n) is 6.46. The normalized spacial score (nSPS) is 29.6. The second-order valence-corrected chi connectivity index (χ2v) is 5.25. The summed E-state index contributed by atoms with van der Waals surface area (Å²) in [6.45, 7) is 9.82. The van der Waals surface area contributed by atoms with Crippen LogP contribution in [0.15, 0.2) is 0 Å². The minimum absolute atomic E-state index is 0.299. The molecule has 1 heterocycles. The molecule has 0 spiro atoms. The zero-order valence-electron chi connectivity index (χ0n) is 11.5. The minimum atomic E-state index is -0.451. The van der Waals surface area contributed by atoms with Crippen molar-refractivity contribution in [2.45, 2.75) is 38.8 Å². The van der Waals surface area contributed by atoms with Crippen LogP contribution in [0.5, 0.6) is 0 Å². The summed E-state index contributed by atoms with van der Waals surface area (Å²) in [5, 5.41) is 12.5. The summed E-state index contributed by atoms with van der Waals surface area (Å²) in [6.07, 6.45) is 1.44. The third-order valence-electron chi connectivity index (χ3n) is 3.63. The summed E-state index contributed by atoms with van der Waals surface area (Å²) in [6, 6.07) is 2.38. The molecule has 17 heavy (non-hydrogen) atoms. The summed E-state index contributed by atoms with van der Waals surface area (Å²) in [4.78, 5) is 2.33. The monoisotopic (exact) mass is 239 g/mol. The molecule has 0 aromatic rings. The smallest absolute Gasteiger partial charge is 0.116 e. The van der Waals surface area contributed by atoms with E-state index >= 15 is 0 Å². The van der Waals surface area contributed by atoms with Gasteiger partial charge in [0.1, 0.15) is 5.54 Å². The molecule has 1 aliphatic heterocycles. The quantitative estimate of drug-likeness (QED) is 0.784. The molecule has 0 aliphatic carbocycles. The number of ether oxygens (including phenoxy) is 1. The Balaban J connectivity index is 2.54. The Kier molecular flexibility index (Phi) is 5.38. The molecule has 0 aromatic carbocycles. The Morgan fingerprint density at radius 2 is 2.29 bits per heavy atom.